The van der Waals surface area contributed by atoms with Gasteiger partial charge in [-0.2, -0.15) is 0 Å². The molecule has 0 fully saturated rings. The summed E-state index contributed by atoms with van der Waals surface area (Å²) in [5.74, 6) is -0.158. The van der Waals surface area contributed by atoms with Gasteiger partial charge in [-0.25, -0.2) is 12.7 Å². The molecule has 1 aromatic carbocycles. The van der Waals surface area contributed by atoms with Crippen LogP contribution in [0.3, 0.4) is 0 Å². The van der Waals surface area contributed by atoms with Crippen molar-refractivity contribution in [3.8, 4) is 0 Å². The predicted octanol–water partition coefficient (Wildman–Crippen LogP) is 1.26. The maximum Gasteiger partial charge on any atom is 0.244 e. The normalized spacial score (nSPS) is 13.0. The maximum atomic E-state index is 12.3. The minimum Gasteiger partial charge on any atom is -0.373 e. The summed E-state index contributed by atoms with van der Waals surface area (Å²) >= 11 is 0. The van der Waals surface area contributed by atoms with Crippen molar-refractivity contribution < 1.29 is 13.2 Å². The van der Waals surface area contributed by atoms with Gasteiger partial charge in [-0.1, -0.05) is 19.1 Å². The summed E-state index contributed by atoms with van der Waals surface area (Å²) in [5, 5.41) is 5.73. The van der Waals surface area contributed by atoms with Gasteiger partial charge in [0.2, 0.25) is 15.9 Å². The van der Waals surface area contributed by atoms with Gasteiger partial charge in [-0.15, -0.1) is 0 Å². The first-order valence-corrected chi connectivity index (χ1v) is 8.30. The van der Waals surface area contributed by atoms with E-state index in [0.29, 0.717) is 12.2 Å². The molecule has 0 aliphatic heterocycles. The van der Waals surface area contributed by atoms with E-state index >= 15 is 0 Å². The van der Waals surface area contributed by atoms with Crippen LogP contribution in [0.5, 0.6) is 0 Å². The van der Waals surface area contributed by atoms with Crippen LogP contribution in [0.1, 0.15) is 20.3 Å². The molecule has 0 aromatic heterocycles. The summed E-state index contributed by atoms with van der Waals surface area (Å²) in [7, 11) is -0.605. The molecule has 1 amide bonds. The lowest BCUT2D eigenvalue weighted by Gasteiger charge is -2.19. The molecule has 0 saturated carbocycles. The minimum atomic E-state index is -3.56. The number of rotatable bonds is 7. The first-order chi connectivity index (χ1) is 9.80. The summed E-state index contributed by atoms with van der Waals surface area (Å²) in [6.07, 6.45) is 0.851. The third kappa shape index (κ3) is 4.44. The Bertz CT molecular complexity index is 585. The quantitative estimate of drug-likeness (QED) is 0.794. The van der Waals surface area contributed by atoms with Crippen LogP contribution >= 0.6 is 0 Å². The molecule has 1 unspecified atom stereocenters. The molecule has 1 atom stereocenters. The largest absolute Gasteiger partial charge is 0.373 e. The van der Waals surface area contributed by atoms with E-state index in [0.717, 1.165) is 10.7 Å². The van der Waals surface area contributed by atoms with Gasteiger partial charge in [0, 0.05) is 20.6 Å². The maximum absolute atomic E-state index is 12.3. The molecule has 0 saturated heterocycles. The minimum absolute atomic E-state index is 0.158. The number of amides is 1. The number of carbonyl (C=O) groups excluding carboxylic acids is 1. The third-order valence-electron chi connectivity index (χ3n) is 2.96. The number of sulfonamides is 1. The van der Waals surface area contributed by atoms with Gasteiger partial charge < -0.3 is 10.6 Å². The van der Waals surface area contributed by atoms with Crippen molar-refractivity contribution in [2.45, 2.75) is 31.2 Å². The van der Waals surface area contributed by atoms with Crippen LogP contribution in [0.25, 0.3) is 0 Å². The van der Waals surface area contributed by atoms with Crippen molar-refractivity contribution in [3.05, 3.63) is 24.3 Å². The van der Waals surface area contributed by atoms with Crippen LogP contribution in [0.4, 0.5) is 5.69 Å². The summed E-state index contributed by atoms with van der Waals surface area (Å²) in [6.45, 7) is 4.27. The molecular formula is C14H23N3O3S. The lowest BCUT2D eigenvalue weighted by Crippen LogP contribution is -2.38. The van der Waals surface area contributed by atoms with Crippen LogP contribution in [0.15, 0.2) is 29.2 Å². The molecule has 1 aromatic rings. The molecule has 1 rings (SSSR count). The molecule has 21 heavy (non-hydrogen) atoms. The van der Waals surface area contributed by atoms with Crippen molar-refractivity contribution in [1.82, 2.24) is 9.62 Å². The van der Waals surface area contributed by atoms with Crippen molar-refractivity contribution in [2.75, 3.05) is 26.0 Å². The average Bonchev–Trinajstić information content (AvgIpc) is 2.44. The van der Waals surface area contributed by atoms with Crippen LogP contribution in [0, 0.1) is 0 Å². The zero-order valence-corrected chi connectivity index (χ0v) is 13.7. The van der Waals surface area contributed by atoms with Crippen molar-refractivity contribution in [2.24, 2.45) is 0 Å². The number of para-hydroxylation sites is 1. The van der Waals surface area contributed by atoms with Crippen LogP contribution in [-0.4, -0.2) is 45.3 Å². The Balaban J connectivity index is 2.98. The fraction of sp³-hybridized carbons (Fsp3) is 0.500. The Morgan fingerprint density at radius 2 is 1.90 bits per heavy atom. The Labute approximate surface area is 126 Å². The number of hydrogen-bond donors (Lipinski definition) is 2. The fourth-order valence-corrected chi connectivity index (χ4v) is 2.76. The fourth-order valence-electron chi connectivity index (χ4n) is 1.71. The molecule has 0 aliphatic rings. The zero-order chi connectivity index (χ0) is 16.0. The Morgan fingerprint density at radius 3 is 2.48 bits per heavy atom. The summed E-state index contributed by atoms with van der Waals surface area (Å²) in [6, 6.07) is 6.04. The van der Waals surface area contributed by atoms with E-state index in [1.165, 1.54) is 20.2 Å². The second-order valence-electron chi connectivity index (χ2n) is 4.94. The number of nitrogens with zero attached hydrogens (tertiary/aromatic N) is 1. The van der Waals surface area contributed by atoms with Crippen LogP contribution in [-0.2, 0) is 14.8 Å². The molecule has 7 heteroatoms. The molecule has 118 valence electrons. The van der Waals surface area contributed by atoms with Crippen molar-refractivity contribution in [1.29, 1.82) is 0 Å². The molecule has 0 radical (unpaired) electrons. The summed E-state index contributed by atoms with van der Waals surface area (Å²) < 4.78 is 25.7. The molecule has 0 spiro atoms. The van der Waals surface area contributed by atoms with Gasteiger partial charge in [0.15, 0.2) is 0 Å². The second-order valence-corrected chi connectivity index (χ2v) is 7.06. The Kier molecular flexibility index (Phi) is 6.17. The first kappa shape index (κ1) is 17.5. The van der Waals surface area contributed by atoms with E-state index in [1.807, 2.05) is 6.92 Å². The number of benzene rings is 1. The van der Waals surface area contributed by atoms with E-state index in [-0.39, 0.29) is 10.8 Å². The lowest BCUT2D eigenvalue weighted by molar-refractivity contribution is -0.121. The lowest BCUT2D eigenvalue weighted by atomic mass is 10.2. The molecule has 6 nitrogen and oxygen atoms in total. The Morgan fingerprint density at radius 1 is 1.29 bits per heavy atom. The van der Waals surface area contributed by atoms with Gasteiger partial charge in [-0.3, -0.25) is 4.79 Å². The first-order valence-electron chi connectivity index (χ1n) is 6.86. The molecule has 0 aliphatic carbocycles. The highest BCUT2D eigenvalue weighted by Crippen LogP contribution is 2.23. The monoisotopic (exact) mass is 313 g/mol. The highest BCUT2D eigenvalue weighted by molar-refractivity contribution is 7.89. The number of anilines is 1. The van der Waals surface area contributed by atoms with Gasteiger partial charge in [0.25, 0.3) is 0 Å². The van der Waals surface area contributed by atoms with E-state index in [4.69, 9.17) is 0 Å². The summed E-state index contributed by atoms with van der Waals surface area (Å²) in [4.78, 5) is 12.0. The standard InChI is InChI=1S/C14H23N3O3S/c1-5-10-15-14(18)11(2)16-12-8-6-7-9-13(12)21(19,20)17(3)4/h6-9,11,16H,5,10H2,1-4H3,(H,15,18). The van der Waals surface area contributed by atoms with E-state index in [9.17, 15) is 13.2 Å². The SMILES string of the molecule is CCCNC(=O)C(C)Nc1ccccc1S(=O)(=O)N(C)C. The highest BCUT2D eigenvalue weighted by atomic mass is 32.2. The number of nitrogens with one attached hydrogen (secondary N) is 2. The van der Waals surface area contributed by atoms with Gasteiger partial charge in [0.05, 0.1) is 5.69 Å². The average molecular weight is 313 g/mol. The predicted molar refractivity (Wildman–Crippen MR) is 83.7 cm³/mol. The van der Waals surface area contributed by atoms with Crippen LogP contribution < -0.4 is 10.6 Å². The van der Waals surface area contributed by atoms with Crippen molar-refractivity contribution >= 4 is 21.6 Å². The van der Waals surface area contributed by atoms with Gasteiger partial charge in [0.1, 0.15) is 10.9 Å². The zero-order valence-electron chi connectivity index (χ0n) is 12.9. The molecule has 0 heterocycles. The van der Waals surface area contributed by atoms with E-state index in [1.54, 1.807) is 25.1 Å². The summed E-state index contributed by atoms with van der Waals surface area (Å²) in [5.41, 5.74) is 0.422. The number of carbonyl (C=O) groups is 1. The smallest absolute Gasteiger partial charge is 0.244 e. The molecular weight excluding hydrogens is 290 g/mol. The molecule has 0 bridgehead atoms. The number of hydrogen-bond acceptors (Lipinski definition) is 4. The second kappa shape index (κ2) is 7.42. The molecule has 2 N–H and O–H groups in total. The van der Waals surface area contributed by atoms with Crippen molar-refractivity contribution in [3.63, 3.8) is 0 Å². The van der Waals surface area contributed by atoms with Gasteiger partial charge in [-0.05, 0) is 25.5 Å². The highest BCUT2D eigenvalue weighted by Gasteiger charge is 2.22. The van der Waals surface area contributed by atoms with E-state index < -0.39 is 16.1 Å². The van der Waals surface area contributed by atoms with Gasteiger partial charge >= 0.3 is 0 Å². The topological polar surface area (TPSA) is 78.5 Å². The van der Waals surface area contributed by atoms with Crippen LogP contribution in [0.2, 0.25) is 0 Å². The Hall–Kier alpha value is -1.60. The third-order valence-corrected chi connectivity index (χ3v) is 4.83. The van der Waals surface area contributed by atoms with E-state index in [2.05, 4.69) is 10.6 Å².